The van der Waals surface area contributed by atoms with Gasteiger partial charge in [0.25, 0.3) is 0 Å². The van der Waals surface area contributed by atoms with E-state index < -0.39 is 17.2 Å². The molecular weight excluding hydrogens is 395 g/mol. The van der Waals surface area contributed by atoms with Gasteiger partial charge in [-0.2, -0.15) is 18.2 Å². The predicted molar refractivity (Wildman–Crippen MR) is 71.3 cm³/mol. The Morgan fingerprint density at radius 3 is 2.53 bits per heavy atom. The number of benzene rings is 1. The summed E-state index contributed by atoms with van der Waals surface area (Å²) in [5.74, 6) is 0.115. The summed E-state index contributed by atoms with van der Waals surface area (Å²) in [6.45, 7) is 0. The summed E-state index contributed by atoms with van der Waals surface area (Å²) in [6, 6.07) is 7.49. The molecule has 0 aliphatic carbocycles. The van der Waals surface area contributed by atoms with Crippen molar-refractivity contribution in [1.82, 2.24) is 9.97 Å². The van der Waals surface area contributed by atoms with Crippen LogP contribution in [0.25, 0.3) is 0 Å². The van der Waals surface area contributed by atoms with Crippen LogP contribution >= 0.6 is 34.2 Å². The van der Waals surface area contributed by atoms with E-state index in [1.54, 1.807) is 18.2 Å². The molecule has 0 unspecified atom stereocenters. The third-order valence-corrected chi connectivity index (χ3v) is 2.82. The largest absolute Gasteiger partial charge is 0.439 e. The highest BCUT2D eigenvalue weighted by molar-refractivity contribution is 14.1. The second-order valence-electron chi connectivity index (χ2n) is 3.42. The van der Waals surface area contributed by atoms with Gasteiger partial charge in [0, 0.05) is 9.64 Å². The van der Waals surface area contributed by atoms with Gasteiger partial charge in [-0.05, 0) is 52.4 Å². The number of aromatic nitrogens is 2. The number of alkyl halides is 3. The zero-order valence-electron chi connectivity index (χ0n) is 9.08. The summed E-state index contributed by atoms with van der Waals surface area (Å²) in [5.41, 5.74) is -1.15. The summed E-state index contributed by atoms with van der Waals surface area (Å²) < 4.78 is 43.8. The fourth-order valence-electron chi connectivity index (χ4n) is 1.25. The Hall–Kier alpha value is -1.09. The van der Waals surface area contributed by atoms with Gasteiger partial charge in [0.05, 0.1) is 0 Å². The summed E-state index contributed by atoms with van der Waals surface area (Å²) in [5, 5.41) is -0.518. The first-order valence-corrected chi connectivity index (χ1v) is 6.35. The number of halogens is 5. The van der Waals surface area contributed by atoms with Crippen LogP contribution in [-0.4, -0.2) is 9.97 Å². The number of ether oxygens (including phenoxy) is 1. The van der Waals surface area contributed by atoms with Crippen LogP contribution in [0.5, 0.6) is 11.6 Å². The first kappa shape index (κ1) is 14.3. The molecule has 0 saturated heterocycles. The van der Waals surface area contributed by atoms with Gasteiger partial charge in [0.2, 0.25) is 11.2 Å². The lowest BCUT2D eigenvalue weighted by Crippen LogP contribution is -2.09. The van der Waals surface area contributed by atoms with E-state index in [0.29, 0.717) is 11.8 Å². The molecular formula is C11H5ClF3IN2O. The van der Waals surface area contributed by atoms with Gasteiger partial charge >= 0.3 is 6.18 Å². The fourth-order valence-corrected chi connectivity index (χ4v) is 1.93. The first-order chi connectivity index (χ1) is 8.84. The third kappa shape index (κ3) is 3.93. The normalized spacial score (nSPS) is 11.4. The zero-order valence-corrected chi connectivity index (χ0v) is 12.0. The van der Waals surface area contributed by atoms with Crippen LogP contribution in [0.2, 0.25) is 5.28 Å². The molecule has 19 heavy (non-hydrogen) atoms. The minimum absolute atomic E-state index is 0.255. The van der Waals surface area contributed by atoms with E-state index in [2.05, 4.69) is 32.6 Å². The monoisotopic (exact) mass is 400 g/mol. The number of hydrogen-bond donors (Lipinski definition) is 0. The van der Waals surface area contributed by atoms with Crippen molar-refractivity contribution in [3.63, 3.8) is 0 Å². The van der Waals surface area contributed by atoms with E-state index in [1.165, 1.54) is 0 Å². The maximum Gasteiger partial charge on any atom is 0.433 e. The lowest BCUT2D eigenvalue weighted by Gasteiger charge is -2.09. The number of hydrogen-bond acceptors (Lipinski definition) is 3. The van der Waals surface area contributed by atoms with Gasteiger partial charge in [-0.1, -0.05) is 6.07 Å². The highest BCUT2D eigenvalue weighted by Gasteiger charge is 2.33. The Morgan fingerprint density at radius 1 is 1.16 bits per heavy atom. The molecule has 1 aromatic heterocycles. The summed E-state index contributed by atoms with van der Waals surface area (Å²) in [7, 11) is 0. The Bertz CT molecular complexity index is 607. The topological polar surface area (TPSA) is 35.0 Å². The average Bonchev–Trinajstić information content (AvgIpc) is 2.26. The van der Waals surface area contributed by atoms with Gasteiger partial charge in [-0.15, -0.1) is 0 Å². The summed E-state index contributed by atoms with van der Waals surface area (Å²) in [4.78, 5) is 6.71. The maximum absolute atomic E-state index is 12.5. The van der Waals surface area contributed by atoms with E-state index in [9.17, 15) is 13.2 Å². The van der Waals surface area contributed by atoms with Crippen molar-refractivity contribution in [3.8, 4) is 11.6 Å². The highest BCUT2D eigenvalue weighted by atomic mass is 127. The molecule has 0 aliphatic rings. The van der Waals surface area contributed by atoms with Crippen LogP contribution in [-0.2, 0) is 6.18 Å². The Balaban J connectivity index is 2.33. The standard InChI is InChI=1S/C11H5ClF3IN2O/c12-10-17-8(11(13,14)15)5-9(18-10)19-7-3-1-2-6(16)4-7/h1-5H. The molecule has 0 saturated carbocycles. The molecule has 8 heteroatoms. The van der Waals surface area contributed by atoms with Crippen LogP contribution in [0, 0.1) is 3.57 Å². The summed E-state index contributed by atoms with van der Waals surface area (Å²) >= 11 is 7.51. The van der Waals surface area contributed by atoms with E-state index in [1.807, 2.05) is 6.07 Å². The number of nitrogens with zero attached hydrogens (tertiary/aromatic N) is 2. The van der Waals surface area contributed by atoms with E-state index in [0.717, 1.165) is 3.57 Å². The molecule has 1 aromatic carbocycles. The molecule has 2 aromatic rings. The van der Waals surface area contributed by atoms with Gasteiger partial charge in [0.1, 0.15) is 5.75 Å². The van der Waals surface area contributed by atoms with Crippen LogP contribution < -0.4 is 4.74 Å². The Morgan fingerprint density at radius 2 is 1.89 bits per heavy atom. The molecule has 0 spiro atoms. The third-order valence-electron chi connectivity index (χ3n) is 1.98. The summed E-state index contributed by atoms with van der Waals surface area (Å²) in [6.07, 6.45) is -4.60. The van der Waals surface area contributed by atoms with Gasteiger partial charge in [-0.25, -0.2) is 4.98 Å². The Labute approximate surface area is 124 Å². The second kappa shape index (κ2) is 5.49. The fraction of sp³-hybridized carbons (Fsp3) is 0.0909. The second-order valence-corrected chi connectivity index (χ2v) is 5.00. The molecule has 2 rings (SSSR count). The first-order valence-electron chi connectivity index (χ1n) is 4.90. The average molecular weight is 401 g/mol. The van der Waals surface area contributed by atoms with Crippen LogP contribution in [0.3, 0.4) is 0 Å². The minimum atomic E-state index is -4.60. The lowest BCUT2D eigenvalue weighted by atomic mass is 10.3. The molecule has 0 amide bonds. The lowest BCUT2D eigenvalue weighted by molar-refractivity contribution is -0.141. The molecule has 1 heterocycles. The molecule has 0 N–H and O–H groups in total. The van der Waals surface area contributed by atoms with Crippen molar-refractivity contribution in [1.29, 1.82) is 0 Å². The van der Waals surface area contributed by atoms with Crippen LogP contribution in [0.15, 0.2) is 30.3 Å². The maximum atomic E-state index is 12.5. The molecule has 100 valence electrons. The Kier molecular flexibility index (Phi) is 4.14. The number of rotatable bonds is 2. The van der Waals surface area contributed by atoms with E-state index >= 15 is 0 Å². The molecule has 0 fully saturated rings. The molecule has 0 aliphatic heterocycles. The van der Waals surface area contributed by atoms with Crippen molar-refractivity contribution in [3.05, 3.63) is 44.9 Å². The minimum Gasteiger partial charge on any atom is -0.439 e. The van der Waals surface area contributed by atoms with E-state index in [4.69, 9.17) is 16.3 Å². The van der Waals surface area contributed by atoms with Crippen molar-refractivity contribution in [2.75, 3.05) is 0 Å². The molecule has 0 radical (unpaired) electrons. The van der Waals surface area contributed by atoms with Crippen molar-refractivity contribution >= 4 is 34.2 Å². The van der Waals surface area contributed by atoms with Gasteiger partial charge in [0.15, 0.2) is 5.69 Å². The molecule has 3 nitrogen and oxygen atoms in total. The predicted octanol–water partition coefficient (Wildman–Crippen LogP) is 4.55. The molecule has 0 atom stereocenters. The zero-order chi connectivity index (χ0) is 14.0. The highest BCUT2D eigenvalue weighted by Crippen LogP contribution is 2.31. The van der Waals surface area contributed by atoms with Gasteiger partial charge < -0.3 is 4.74 Å². The molecule has 0 bridgehead atoms. The van der Waals surface area contributed by atoms with Crippen molar-refractivity contribution in [2.24, 2.45) is 0 Å². The smallest absolute Gasteiger partial charge is 0.433 e. The van der Waals surface area contributed by atoms with Crippen LogP contribution in [0.4, 0.5) is 13.2 Å². The van der Waals surface area contributed by atoms with E-state index in [-0.39, 0.29) is 5.88 Å². The quantitative estimate of drug-likeness (QED) is 0.548. The van der Waals surface area contributed by atoms with Crippen LogP contribution in [0.1, 0.15) is 5.69 Å². The van der Waals surface area contributed by atoms with Crippen molar-refractivity contribution in [2.45, 2.75) is 6.18 Å². The van der Waals surface area contributed by atoms with Crippen molar-refractivity contribution < 1.29 is 17.9 Å². The SMILES string of the molecule is FC(F)(F)c1cc(Oc2cccc(I)c2)nc(Cl)n1. The van der Waals surface area contributed by atoms with Gasteiger partial charge in [-0.3, -0.25) is 0 Å².